The van der Waals surface area contributed by atoms with E-state index in [9.17, 15) is 21.6 Å². The first kappa shape index (κ1) is 17.2. The van der Waals surface area contributed by atoms with Crippen LogP contribution in [0.4, 0.5) is 5.69 Å². The lowest BCUT2D eigenvalue weighted by Gasteiger charge is -2.17. The highest BCUT2D eigenvalue weighted by Crippen LogP contribution is 2.28. The van der Waals surface area contributed by atoms with Crippen LogP contribution in [0.3, 0.4) is 0 Å². The maximum Gasteiger partial charge on any atom is 0.263 e. The van der Waals surface area contributed by atoms with Gasteiger partial charge in [-0.2, -0.15) is 0 Å². The zero-order valence-corrected chi connectivity index (χ0v) is 15.2. The summed E-state index contributed by atoms with van der Waals surface area (Å²) >= 11 is 1.32. The number of hydrogen-bond donors (Lipinski definition) is 1. The Bertz CT molecular complexity index is 938. The van der Waals surface area contributed by atoms with Gasteiger partial charge in [-0.3, -0.25) is 14.5 Å². The Morgan fingerprint density at radius 1 is 1.33 bits per heavy atom. The van der Waals surface area contributed by atoms with Gasteiger partial charge in [-0.25, -0.2) is 21.1 Å². The van der Waals surface area contributed by atoms with Crippen molar-refractivity contribution in [1.29, 1.82) is 0 Å². The molecular weight excluding hydrogens is 374 g/mol. The zero-order valence-electron chi connectivity index (χ0n) is 12.7. The standard InChI is InChI=1S/C13H15N3O5S3/c1-9-8-10(16-12(17)4-7-23(16,18)19)2-3-11(9)24(20,21)15-13-14-5-6-22-13/h2-3,8H,4-7H2,1H3,(H,14,15). The van der Waals surface area contributed by atoms with Crippen LogP contribution >= 0.6 is 11.8 Å². The van der Waals surface area contributed by atoms with Crippen molar-refractivity contribution in [3.05, 3.63) is 23.8 Å². The molecule has 1 aromatic rings. The summed E-state index contributed by atoms with van der Waals surface area (Å²) in [6.07, 6.45) is -0.0694. The number of aryl methyl sites for hydroxylation is 1. The Kier molecular flexibility index (Phi) is 4.34. The molecule has 2 aliphatic heterocycles. The largest absolute Gasteiger partial charge is 0.273 e. The number of sulfonamides is 2. The summed E-state index contributed by atoms with van der Waals surface area (Å²) in [5, 5.41) is 0.343. The highest BCUT2D eigenvalue weighted by atomic mass is 32.2. The number of hydrogen-bond acceptors (Lipinski definition) is 7. The minimum absolute atomic E-state index is 0.0190. The van der Waals surface area contributed by atoms with Crippen LogP contribution < -0.4 is 9.03 Å². The smallest absolute Gasteiger partial charge is 0.263 e. The number of anilines is 1. The Labute approximate surface area is 144 Å². The van der Waals surface area contributed by atoms with Crippen LogP contribution in [0.5, 0.6) is 0 Å². The molecule has 0 aliphatic carbocycles. The maximum atomic E-state index is 12.4. The first-order valence-electron chi connectivity index (χ1n) is 7.07. The minimum atomic E-state index is -3.81. The molecule has 24 heavy (non-hydrogen) atoms. The third kappa shape index (κ3) is 3.15. The van der Waals surface area contributed by atoms with E-state index in [0.29, 0.717) is 17.3 Å². The molecule has 1 saturated heterocycles. The second-order valence-electron chi connectivity index (χ2n) is 5.31. The summed E-state index contributed by atoms with van der Waals surface area (Å²) in [7, 11) is -7.49. The Morgan fingerprint density at radius 2 is 2.08 bits per heavy atom. The van der Waals surface area contributed by atoms with E-state index in [1.54, 1.807) is 6.92 Å². The molecule has 2 aliphatic rings. The van der Waals surface area contributed by atoms with Crippen LogP contribution in [0.15, 0.2) is 28.1 Å². The van der Waals surface area contributed by atoms with Crippen LogP contribution in [0.2, 0.25) is 0 Å². The summed E-state index contributed by atoms with van der Waals surface area (Å²) in [6.45, 7) is 2.12. The summed E-state index contributed by atoms with van der Waals surface area (Å²) < 4.78 is 51.9. The van der Waals surface area contributed by atoms with Gasteiger partial charge in [0.25, 0.3) is 10.0 Å². The normalized spacial score (nSPS) is 20.3. The van der Waals surface area contributed by atoms with Crippen LogP contribution in [0.1, 0.15) is 12.0 Å². The molecule has 0 saturated carbocycles. The van der Waals surface area contributed by atoms with Gasteiger partial charge < -0.3 is 0 Å². The number of thioether (sulfide) groups is 1. The Hall–Kier alpha value is -1.59. The second-order valence-corrected chi connectivity index (χ2v) is 9.99. The maximum absolute atomic E-state index is 12.4. The van der Waals surface area contributed by atoms with E-state index in [4.69, 9.17) is 0 Å². The number of rotatable bonds is 3. The number of nitrogens with one attached hydrogen (secondary N) is 1. The molecule has 3 rings (SSSR count). The lowest BCUT2D eigenvalue weighted by molar-refractivity contribution is -0.116. The van der Waals surface area contributed by atoms with Gasteiger partial charge in [0, 0.05) is 12.2 Å². The highest BCUT2D eigenvalue weighted by Gasteiger charge is 2.36. The number of carbonyl (C=O) groups is 1. The fourth-order valence-electron chi connectivity index (χ4n) is 2.50. The molecular formula is C13H15N3O5S3. The molecule has 11 heteroatoms. The number of amides is 1. The van der Waals surface area contributed by atoms with Gasteiger partial charge in [-0.1, -0.05) is 11.8 Å². The van der Waals surface area contributed by atoms with E-state index >= 15 is 0 Å². The van der Waals surface area contributed by atoms with E-state index < -0.39 is 26.0 Å². The monoisotopic (exact) mass is 389 g/mol. The molecule has 1 aromatic carbocycles. The van der Waals surface area contributed by atoms with E-state index in [1.165, 1.54) is 30.0 Å². The molecule has 2 heterocycles. The van der Waals surface area contributed by atoms with Crippen LogP contribution in [-0.4, -0.2) is 46.0 Å². The predicted octanol–water partition coefficient (Wildman–Crippen LogP) is 0.443. The molecule has 8 nitrogen and oxygen atoms in total. The first-order chi connectivity index (χ1) is 11.2. The summed E-state index contributed by atoms with van der Waals surface area (Å²) in [5.74, 6) is -0.0198. The van der Waals surface area contributed by atoms with Crippen molar-refractivity contribution in [3.8, 4) is 0 Å². The average Bonchev–Trinajstić information content (AvgIpc) is 3.06. The van der Waals surface area contributed by atoms with Gasteiger partial charge in [-0.05, 0) is 30.7 Å². The molecule has 0 unspecified atom stereocenters. The quantitative estimate of drug-likeness (QED) is 0.803. The van der Waals surface area contributed by atoms with E-state index in [-0.39, 0.29) is 22.8 Å². The summed E-state index contributed by atoms with van der Waals surface area (Å²) in [4.78, 5) is 15.9. The van der Waals surface area contributed by atoms with Gasteiger partial charge in [0.05, 0.1) is 22.9 Å². The predicted molar refractivity (Wildman–Crippen MR) is 92.2 cm³/mol. The number of carbonyl (C=O) groups excluding carboxylic acids is 1. The Morgan fingerprint density at radius 3 is 2.62 bits per heavy atom. The van der Waals surface area contributed by atoms with E-state index in [1.807, 2.05) is 0 Å². The van der Waals surface area contributed by atoms with Crippen molar-refractivity contribution in [2.75, 3.05) is 22.4 Å². The molecule has 1 N–H and O–H groups in total. The Balaban J connectivity index is 1.94. The molecule has 0 atom stereocenters. The molecule has 0 radical (unpaired) electrons. The topological polar surface area (TPSA) is 113 Å². The van der Waals surface area contributed by atoms with Crippen molar-refractivity contribution >= 4 is 48.6 Å². The number of amidine groups is 1. The lowest BCUT2D eigenvalue weighted by Crippen LogP contribution is -2.30. The van der Waals surface area contributed by atoms with Gasteiger partial charge in [0.15, 0.2) is 5.17 Å². The van der Waals surface area contributed by atoms with Crippen molar-refractivity contribution in [2.24, 2.45) is 4.99 Å². The lowest BCUT2D eigenvalue weighted by atomic mass is 10.2. The molecule has 130 valence electrons. The summed E-state index contributed by atoms with van der Waals surface area (Å²) in [6, 6.07) is 4.01. The highest BCUT2D eigenvalue weighted by molar-refractivity contribution is 8.15. The molecule has 0 aromatic heterocycles. The summed E-state index contributed by atoms with van der Waals surface area (Å²) in [5.41, 5.74) is 0.500. The van der Waals surface area contributed by atoms with E-state index in [0.717, 1.165) is 10.1 Å². The van der Waals surface area contributed by atoms with Crippen molar-refractivity contribution in [2.45, 2.75) is 18.2 Å². The molecule has 1 amide bonds. The third-order valence-electron chi connectivity index (χ3n) is 3.57. The van der Waals surface area contributed by atoms with Gasteiger partial charge in [0.1, 0.15) is 0 Å². The van der Waals surface area contributed by atoms with Crippen LogP contribution in [-0.2, 0) is 24.8 Å². The van der Waals surface area contributed by atoms with Gasteiger partial charge in [0.2, 0.25) is 15.9 Å². The fourth-order valence-corrected chi connectivity index (χ4v) is 6.21. The van der Waals surface area contributed by atoms with Crippen molar-refractivity contribution < 1.29 is 21.6 Å². The minimum Gasteiger partial charge on any atom is -0.273 e. The third-order valence-corrected chi connectivity index (χ3v) is 7.78. The number of aliphatic imine (C=N–C) groups is 1. The van der Waals surface area contributed by atoms with E-state index in [2.05, 4.69) is 9.71 Å². The molecule has 0 spiro atoms. The first-order valence-corrected chi connectivity index (χ1v) is 11.1. The number of nitrogens with zero attached hydrogens (tertiary/aromatic N) is 2. The zero-order chi connectivity index (χ0) is 17.5. The van der Waals surface area contributed by atoms with Crippen LogP contribution in [0, 0.1) is 6.92 Å². The average molecular weight is 389 g/mol. The van der Waals surface area contributed by atoms with Gasteiger partial charge >= 0.3 is 0 Å². The molecule has 0 bridgehead atoms. The fraction of sp³-hybridized carbons (Fsp3) is 0.385. The molecule has 1 fully saturated rings. The van der Waals surface area contributed by atoms with Crippen molar-refractivity contribution in [3.63, 3.8) is 0 Å². The van der Waals surface area contributed by atoms with Gasteiger partial charge in [-0.15, -0.1) is 0 Å². The SMILES string of the molecule is Cc1cc(N2C(=O)CCS2(=O)=O)ccc1S(=O)(=O)NC1=NCCS1. The second kappa shape index (κ2) is 6.05. The number of benzene rings is 1. The van der Waals surface area contributed by atoms with Crippen LogP contribution in [0.25, 0.3) is 0 Å². The van der Waals surface area contributed by atoms with Crippen molar-refractivity contribution in [1.82, 2.24) is 4.72 Å².